The maximum atomic E-state index is 13.8. The summed E-state index contributed by atoms with van der Waals surface area (Å²) in [5, 5.41) is 4.23. The minimum atomic E-state index is -0.269. The molecule has 0 radical (unpaired) electrons. The van der Waals surface area contributed by atoms with Gasteiger partial charge in [-0.05, 0) is 28.7 Å². The Bertz CT molecular complexity index is 782. The van der Waals surface area contributed by atoms with Gasteiger partial charge in [-0.3, -0.25) is 4.68 Å². The van der Waals surface area contributed by atoms with E-state index in [1.165, 1.54) is 6.07 Å². The van der Waals surface area contributed by atoms with E-state index in [-0.39, 0.29) is 11.7 Å². The van der Waals surface area contributed by atoms with Crippen molar-refractivity contribution in [1.29, 1.82) is 0 Å². The molecule has 3 aromatic rings. The lowest BCUT2D eigenvalue weighted by atomic mass is 10.3. The molecule has 8 heteroatoms. The summed E-state index contributed by atoms with van der Waals surface area (Å²) in [4.78, 5) is 8.61. The molecule has 104 valence electrons. The summed E-state index contributed by atoms with van der Waals surface area (Å²) in [6.07, 6.45) is 1.62. The number of fused-ring (bicyclic) bond motifs is 1. The van der Waals surface area contributed by atoms with E-state index in [4.69, 9.17) is 11.6 Å². The van der Waals surface area contributed by atoms with Crippen molar-refractivity contribution in [2.45, 2.75) is 12.4 Å². The Labute approximate surface area is 132 Å². The van der Waals surface area contributed by atoms with Gasteiger partial charge in [0.2, 0.25) is 0 Å². The lowest BCUT2D eigenvalue weighted by molar-refractivity contribution is 0.620. The third kappa shape index (κ3) is 2.39. The molecule has 0 saturated carbocycles. The summed E-state index contributed by atoms with van der Waals surface area (Å²) in [6, 6.07) is 3.19. The van der Waals surface area contributed by atoms with E-state index in [1.54, 1.807) is 24.1 Å². The third-order valence-electron chi connectivity index (χ3n) is 2.94. The van der Waals surface area contributed by atoms with Crippen LogP contribution in [0.15, 0.2) is 18.5 Å². The Morgan fingerprint density at radius 1 is 1.40 bits per heavy atom. The number of aromatic nitrogens is 5. The van der Waals surface area contributed by atoms with Crippen LogP contribution in [0.2, 0.25) is 0 Å². The zero-order chi connectivity index (χ0) is 14.3. The fourth-order valence-electron chi connectivity index (χ4n) is 2.05. The Kier molecular flexibility index (Phi) is 3.63. The topological polar surface area (TPSA) is 48.5 Å². The van der Waals surface area contributed by atoms with Gasteiger partial charge < -0.3 is 4.57 Å². The normalized spacial score (nSPS) is 11.4. The van der Waals surface area contributed by atoms with E-state index in [9.17, 15) is 4.39 Å². The largest absolute Gasteiger partial charge is 0.319 e. The second-order valence-corrected chi connectivity index (χ2v) is 5.77. The van der Waals surface area contributed by atoms with Crippen LogP contribution in [0.1, 0.15) is 11.6 Å². The number of nitrogens with zero attached hydrogens (tertiary/aromatic N) is 5. The summed E-state index contributed by atoms with van der Waals surface area (Å²) >= 11 is 7.88. The van der Waals surface area contributed by atoms with Crippen molar-refractivity contribution in [3.8, 4) is 0 Å². The van der Waals surface area contributed by atoms with Crippen LogP contribution in [0.25, 0.3) is 11.0 Å². The lowest BCUT2D eigenvalue weighted by Gasteiger charge is -2.05. The zero-order valence-corrected chi connectivity index (χ0v) is 13.4. The lowest BCUT2D eigenvalue weighted by Crippen LogP contribution is -2.06. The summed E-state index contributed by atoms with van der Waals surface area (Å²) < 4.78 is 17.8. The molecule has 0 fully saturated rings. The molecule has 2 aromatic heterocycles. The first-order valence-corrected chi connectivity index (χ1v) is 7.44. The van der Waals surface area contributed by atoms with Crippen LogP contribution in [0.4, 0.5) is 4.39 Å². The molecule has 0 atom stereocenters. The monoisotopic (exact) mass is 405 g/mol. The van der Waals surface area contributed by atoms with Crippen LogP contribution >= 0.6 is 34.2 Å². The van der Waals surface area contributed by atoms with Crippen molar-refractivity contribution in [1.82, 2.24) is 24.3 Å². The van der Waals surface area contributed by atoms with Gasteiger partial charge in [-0.25, -0.2) is 14.4 Å². The first-order chi connectivity index (χ1) is 9.58. The van der Waals surface area contributed by atoms with Gasteiger partial charge in [-0.15, -0.1) is 11.6 Å². The Hall–Kier alpha value is -1.22. The van der Waals surface area contributed by atoms with Crippen LogP contribution in [0, 0.1) is 9.39 Å². The van der Waals surface area contributed by atoms with E-state index in [0.717, 1.165) is 5.52 Å². The van der Waals surface area contributed by atoms with Gasteiger partial charge in [-0.1, -0.05) is 0 Å². The van der Waals surface area contributed by atoms with E-state index in [0.29, 0.717) is 27.3 Å². The maximum absolute atomic E-state index is 13.8. The second-order valence-electron chi connectivity index (χ2n) is 4.34. The second kappa shape index (κ2) is 5.28. The number of benzene rings is 1. The molecule has 1 aromatic carbocycles. The number of rotatable bonds is 3. The molecule has 0 aliphatic carbocycles. The molecular weight excluding hydrogens is 396 g/mol. The Morgan fingerprint density at radius 2 is 2.20 bits per heavy atom. The van der Waals surface area contributed by atoms with Crippen molar-refractivity contribution in [3.05, 3.63) is 39.5 Å². The van der Waals surface area contributed by atoms with E-state index in [2.05, 4.69) is 15.1 Å². The van der Waals surface area contributed by atoms with Gasteiger partial charge in [0.15, 0.2) is 5.82 Å². The smallest absolute Gasteiger partial charge is 0.170 e. The van der Waals surface area contributed by atoms with Crippen molar-refractivity contribution in [2.75, 3.05) is 0 Å². The van der Waals surface area contributed by atoms with Crippen LogP contribution in [-0.2, 0) is 19.5 Å². The van der Waals surface area contributed by atoms with Gasteiger partial charge in [0.1, 0.15) is 18.0 Å². The maximum Gasteiger partial charge on any atom is 0.170 e. The van der Waals surface area contributed by atoms with Crippen LogP contribution in [0.3, 0.4) is 0 Å². The minimum Gasteiger partial charge on any atom is -0.319 e. The molecule has 0 amide bonds. The van der Waals surface area contributed by atoms with Crippen LogP contribution < -0.4 is 0 Å². The summed E-state index contributed by atoms with van der Waals surface area (Å²) in [5.74, 6) is 1.29. The zero-order valence-electron chi connectivity index (χ0n) is 10.5. The van der Waals surface area contributed by atoms with Crippen molar-refractivity contribution < 1.29 is 4.39 Å². The molecule has 20 heavy (non-hydrogen) atoms. The average molecular weight is 406 g/mol. The molecule has 0 N–H and O–H groups in total. The predicted octanol–water partition coefficient (Wildman–Crippen LogP) is 2.70. The van der Waals surface area contributed by atoms with Crippen molar-refractivity contribution in [3.63, 3.8) is 0 Å². The molecule has 5 nitrogen and oxygen atoms in total. The average Bonchev–Trinajstić information content (AvgIpc) is 2.96. The van der Waals surface area contributed by atoms with Gasteiger partial charge in [0.25, 0.3) is 0 Å². The molecule has 0 bridgehead atoms. The summed E-state index contributed by atoms with van der Waals surface area (Å²) in [6.45, 7) is 0.416. The molecule has 0 saturated heterocycles. The highest BCUT2D eigenvalue weighted by Gasteiger charge is 2.14. The first kappa shape index (κ1) is 13.7. The van der Waals surface area contributed by atoms with E-state index >= 15 is 0 Å². The minimum absolute atomic E-state index is 0.250. The highest BCUT2D eigenvalue weighted by Crippen LogP contribution is 2.23. The number of halogens is 3. The Balaban J connectivity index is 2.14. The van der Waals surface area contributed by atoms with Crippen LogP contribution in [-0.4, -0.2) is 24.3 Å². The van der Waals surface area contributed by atoms with Crippen molar-refractivity contribution >= 4 is 45.2 Å². The van der Waals surface area contributed by atoms with Gasteiger partial charge in [0, 0.05) is 13.1 Å². The molecule has 2 heterocycles. The van der Waals surface area contributed by atoms with Gasteiger partial charge >= 0.3 is 0 Å². The molecular formula is C12H10ClFIN5. The molecule has 0 unspecified atom stereocenters. The van der Waals surface area contributed by atoms with Crippen molar-refractivity contribution in [2.24, 2.45) is 7.05 Å². The molecule has 3 rings (SSSR count). The van der Waals surface area contributed by atoms with Gasteiger partial charge in [-0.2, -0.15) is 5.10 Å². The number of hydrogen-bond acceptors (Lipinski definition) is 3. The number of hydrogen-bond donors (Lipinski definition) is 0. The fraction of sp³-hybridized carbons (Fsp3) is 0.250. The third-order valence-corrected chi connectivity index (χ3v) is 4.00. The quantitative estimate of drug-likeness (QED) is 0.497. The predicted molar refractivity (Wildman–Crippen MR) is 82.1 cm³/mol. The highest BCUT2D eigenvalue weighted by atomic mass is 127. The number of aryl methyl sites for hydroxylation is 1. The number of imidazole rings is 1. The SMILES string of the molecule is Cn1cnc(Cn2c(CCl)nc3cc(I)c(F)cc32)n1. The Morgan fingerprint density at radius 3 is 2.85 bits per heavy atom. The molecule has 0 aliphatic rings. The van der Waals surface area contributed by atoms with E-state index in [1.807, 2.05) is 27.2 Å². The first-order valence-electron chi connectivity index (χ1n) is 5.83. The standard InChI is InChI=1S/C12H10ClFIN5/c1-19-6-16-11(18-19)5-20-10-2-7(14)8(15)3-9(10)17-12(20)4-13/h2-3,6H,4-5H2,1H3. The molecule has 0 spiro atoms. The van der Waals surface area contributed by atoms with E-state index < -0.39 is 0 Å². The summed E-state index contributed by atoms with van der Waals surface area (Å²) in [7, 11) is 1.80. The fourth-order valence-corrected chi connectivity index (χ4v) is 2.70. The summed E-state index contributed by atoms with van der Waals surface area (Å²) in [5.41, 5.74) is 1.42. The molecule has 0 aliphatic heterocycles. The highest BCUT2D eigenvalue weighted by molar-refractivity contribution is 14.1. The van der Waals surface area contributed by atoms with Crippen LogP contribution in [0.5, 0.6) is 0 Å². The van der Waals surface area contributed by atoms with Gasteiger partial charge in [0.05, 0.1) is 27.0 Å². The number of alkyl halides is 1.